The lowest BCUT2D eigenvalue weighted by atomic mass is 10.0. The standard InChI is InChI=1S/C17H27N3S/c1-14(2)13-19-8-10-20(11-9-19)16(12-17(18)21)15-6-4-3-5-7-15/h3-7,14,16H,8-13H2,1-2H3,(H2,18,21). The molecule has 1 unspecified atom stereocenters. The fourth-order valence-corrected chi connectivity index (χ4v) is 3.26. The summed E-state index contributed by atoms with van der Waals surface area (Å²) in [6.07, 6.45) is 0.767. The molecule has 3 nitrogen and oxygen atoms in total. The minimum Gasteiger partial charge on any atom is -0.393 e. The summed E-state index contributed by atoms with van der Waals surface area (Å²) in [5.74, 6) is 0.734. The molecule has 1 aromatic rings. The van der Waals surface area contributed by atoms with Gasteiger partial charge in [0.05, 0.1) is 4.99 Å². The molecule has 21 heavy (non-hydrogen) atoms. The van der Waals surface area contributed by atoms with Crippen molar-refractivity contribution in [1.82, 2.24) is 9.80 Å². The van der Waals surface area contributed by atoms with E-state index >= 15 is 0 Å². The van der Waals surface area contributed by atoms with Crippen molar-refractivity contribution in [3.05, 3.63) is 35.9 Å². The van der Waals surface area contributed by atoms with E-state index in [0.29, 0.717) is 11.0 Å². The third-order valence-corrected chi connectivity index (χ3v) is 4.22. The normalized spacial score (nSPS) is 18.8. The summed E-state index contributed by atoms with van der Waals surface area (Å²) >= 11 is 5.16. The first-order chi connectivity index (χ1) is 10.1. The molecule has 1 fully saturated rings. The van der Waals surface area contributed by atoms with Crippen molar-refractivity contribution in [2.24, 2.45) is 11.7 Å². The molecule has 0 spiro atoms. The Kier molecular flexibility index (Phi) is 6.15. The fourth-order valence-electron chi connectivity index (χ4n) is 3.10. The summed E-state index contributed by atoms with van der Waals surface area (Å²) in [7, 11) is 0. The average molecular weight is 305 g/mol. The zero-order valence-electron chi connectivity index (χ0n) is 13.2. The fraction of sp³-hybridized carbons (Fsp3) is 0.588. The molecule has 1 aliphatic rings. The zero-order chi connectivity index (χ0) is 15.2. The molecule has 0 saturated carbocycles. The maximum Gasteiger partial charge on any atom is 0.0746 e. The Labute approximate surface area is 134 Å². The van der Waals surface area contributed by atoms with Gasteiger partial charge in [0.2, 0.25) is 0 Å². The lowest BCUT2D eigenvalue weighted by Gasteiger charge is -2.40. The van der Waals surface area contributed by atoms with Gasteiger partial charge in [0.1, 0.15) is 0 Å². The predicted molar refractivity (Wildman–Crippen MR) is 93.4 cm³/mol. The first-order valence-electron chi connectivity index (χ1n) is 7.86. The van der Waals surface area contributed by atoms with Crippen LogP contribution in [-0.4, -0.2) is 47.5 Å². The van der Waals surface area contributed by atoms with Crippen molar-refractivity contribution >= 4 is 17.2 Å². The Hall–Kier alpha value is -0.970. The molecule has 4 heteroatoms. The summed E-state index contributed by atoms with van der Waals surface area (Å²) in [5, 5.41) is 0. The lowest BCUT2D eigenvalue weighted by Crippen LogP contribution is -2.48. The Bertz CT molecular complexity index is 439. The molecule has 1 atom stereocenters. The summed E-state index contributed by atoms with van der Waals surface area (Å²) in [4.78, 5) is 5.70. The second kappa shape index (κ2) is 7.87. The van der Waals surface area contributed by atoms with Gasteiger partial charge in [-0.3, -0.25) is 4.90 Å². The SMILES string of the molecule is CC(C)CN1CCN(C(CC(N)=S)c2ccccc2)CC1. The number of nitrogens with two attached hydrogens (primary N) is 1. The number of hydrogen-bond acceptors (Lipinski definition) is 3. The van der Waals surface area contributed by atoms with Crippen molar-refractivity contribution in [1.29, 1.82) is 0 Å². The average Bonchev–Trinajstić information content (AvgIpc) is 2.46. The first-order valence-corrected chi connectivity index (χ1v) is 8.26. The van der Waals surface area contributed by atoms with Crippen LogP contribution in [0.4, 0.5) is 0 Å². The minimum atomic E-state index is 0.324. The van der Waals surface area contributed by atoms with Crippen LogP contribution in [0, 0.1) is 5.92 Å². The van der Waals surface area contributed by atoms with E-state index in [9.17, 15) is 0 Å². The summed E-state index contributed by atoms with van der Waals surface area (Å²) < 4.78 is 0. The van der Waals surface area contributed by atoms with Crippen LogP contribution >= 0.6 is 12.2 Å². The van der Waals surface area contributed by atoms with Gasteiger partial charge in [-0.25, -0.2) is 0 Å². The molecular weight excluding hydrogens is 278 g/mol. The van der Waals surface area contributed by atoms with Crippen LogP contribution < -0.4 is 5.73 Å². The van der Waals surface area contributed by atoms with Crippen molar-refractivity contribution < 1.29 is 0 Å². The van der Waals surface area contributed by atoms with Crippen LogP contribution in [0.3, 0.4) is 0 Å². The molecular formula is C17H27N3S. The molecule has 1 aliphatic heterocycles. The first kappa shape index (κ1) is 16.4. The molecule has 1 aromatic carbocycles. The maximum atomic E-state index is 5.82. The second-order valence-electron chi connectivity index (χ2n) is 6.33. The maximum absolute atomic E-state index is 5.82. The molecule has 1 saturated heterocycles. The van der Waals surface area contributed by atoms with E-state index < -0.39 is 0 Å². The van der Waals surface area contributed by atoms with E-state index in [1.54, 1.807) is 0 Å². The monoisotopic (exact) mass is 305 g/mol. The van der Waals surface area contributed by atoms with Gasteiger partial charge < -0.3 is 10.6 Å². The van der Waals surface area contributed by atoms with E-state index in [4.69, 9.17) is 18.0 Å². The molecule has 0 amide bonds. The van der Waals surface area contributed by atoms with Crippen LogP contribution in [0.5, 0.6) is 0 Å². The predicted octanol–water partition coefficient (Wildman–Crippen LogP) is 2.68. The molecule has 1 heterocycles. The third-order valence-electron chi connectivity index (χ3n) is 4.05. The molecule has 0 radical (unpaired) electrons. The summed E-state index contributed by atoms with van der Waals surface area (Å²) in [6.45, 7) is 10.2. The van der Waals surface area contributed by atoms with Crippen LogP contribution in [0.15, 0.2) is 30.3 Å². The van der Waals surface area contributed by atoms with Crippen molar-refractivity contribution in [3.63, 3.8) is 0 Å². The number of nitrogens with zero attached hydrogens (tertiary/aromatic N) is 2. The Morgan fingerprint density at radius 3 is 2.29 bits per heavy atom. The number of rotatable bonds is 6. The molecule has 0 aromatic heterocycles. The highest BCUT2D eigenvalue weighted by Crippen LogP contribution is 2.25. The van der Waals surface area contributed by atoms with Crippen LogP contribution in [-0.2, 0) is 0 Å². The number of hydrogen-bond donors (Lipinski definition) is 1. The Morgan fingerprint density at radius 1 is 1.14 bits per heavy atom. The van der Waals surface area contributed by atoms with Gasteiger partial charge in [-0.15, -0.1) is 0 Å². The van der Waals surface area contributed by atoms with Crippen molar-refractivity contribution in [2.75, 3.05) is 32.7 Å². The largest absolute Gasteiger partial charge is 0.393 e. The highest BCUT2D eigenvalue weighted by molar-refractivity contribution is 7.80. The summed E-state index contributed by atoms with van der Waals surface area (Å²) in [5.41, 5.74) is 7.15. The zero-order valence-corrected chi connectivity index (χ0v) is 14.0. The van der Waals surface area contributed by atoms with Crippen molar-refractivity contribution in [3.8, 4) is 0 Å². The van der Waals surface area contributed by atoms with E-state index in [1.807, 2.05) is 0 Å². The van der Waals surface area contributed by atoms with Crippen LogP contribution in [0.2, 0.25) is 0 Å². The summed E-state index contributed by atoms with van der Waals surface area (Å²) in [6, 6.07) is 10.9. The van der Waals surface area contributed by atoms with Crippen molar-refractivity contribution in [2.45, 2.75) is 26.3 Å². The molecule has 2 rings (SSSR count). The van der Waals surface area contributed by atoms with Crippen LogP contribution in [0.25, 0.3) is 0 Å². The van der Waals surface area contributed by atoms with Gasteiger partial charge in [0.25, 0.3) is 0 Å². The van der Waals surface area contributed by atoms with E-state index in [2.05, 4.69) is 54.0 Å². The van der Waals surface area contributed by atoms with E-state index in [1.165, 1.54) is 12.1 Å². The van der Waals surface area contributed by atoms with Gasteiger partial charge in [0.15, 0.2) is 0 Å². The molecule has 116 valence electrons. The van der Waals surface area contributed by atoms with Gasteiger partial charge in [-0.05, 0) is 11.5 Å². The van der Waals surface area contributed by atoms with Gasteiger partial charge in [0, 0.05) is 45.2 Å². The Morgan fingerprint density at radius 2 is 1.76 bits per heavy atom. The van der Waals surface area contributed by atoms with E-state index in [0.717, 1.165) is 38.5 Å². The topological polar surface area (TPSA) is 32.5 Å². The molecule has 2 N–H and O–H groups in total. The van der Waals surface area contributed by atoms with Gasteiger partial charge >= 0.3 is 0 Å². The quantitative estimate of drug-likeness (QED) is 0.819. The molecule has 0 aliphatic carbocycles. The van der Waals surface area contributed by atoms with Gasteiger partial charge in [-0.1, -0.05) is 56.4 Å². The lowest BCUT2D eigenvalue weighted by molar-refractivity contribution is 0.0909. The van der Waals surface area contributed by atoms with E-state index in [-0.39, 0.29) is 0 Å². The minimum absolute atomic E-state index is 0.324. The third kappa shape index (κ3) is 5.06. The number of piperazine rings is 1. The Balaban J connectivity index is 2.01. The smallest absolute Gasteiger partial charge is 0.0746 e. The van der Waals surface area contributed by atoms with Crippen LogP contribution in [0.1, 0.15) is 31.9 Å². The van der Waals surface area contributed by atoms with Gasteiger partial charge in [-0.2, -0.15) is 0 Å². The number of benzene rings is 1. The highest BCUT2D eigenvalue weighted by Gasteiger charge is 2.25. The number of thiocarbonyl (C=S) groups is 1. The second-order valence-corrected chi connectivity index (χ2v) is 6.85. The highest BCUT2D eigenvalue weighted by atomic mass is 32.1. The molecule has 0 bridgehead atoms.